The lowest BCUT2D eigenvalue weighted by Gasteiger charge is -2.38. The van der Waals surface area contributed by atoms with Crippen LogP contribution in [0.2, 0.25) is 0 Å². The summed E-state index contributed by atoms with van der Waals surface area (Å²) in [6.07, 6.45) is 2.35. The lowest BCUT2D eigenvalue weighted by Crippen LogP contribution is -2.51. The quantitative estimate of drug-likeness (QED) is 0.741. The van der Waals surface area contributed by atoms with Gasteiger partial charge < -0.3 is 14.0 Å². The fourth-order valence-corrected chi connectivity index (χ4v) is 3.24. The van der Waals surface area contributed by atoms with E-state index in [4.69, 9.17) is 14.0 Å². The minimum Gasteiger partial charge on any atom is -0.443 e. The molecule has 3 rings (SSSR count). The van der Waals surface area contributed by atoms with Crippen molar-refractivity contribution in [3.63, 3.8) is 0 Å². The number of hydrogen-bond acceptors (Lipinski definition) is 4. The number of benzene rings is 1. The maximum Gasteiger partial charge on any atom is 0.494 e. The van der Waals surface area contributed by atoms with E-state index in [9.17, 15) is 4.79 Å². The van der Waals surface area contributed by atoms with Crippen molar-refractivity contribution in [1.82, 2.24) is 4.57 Å². The molecule has 1 aromatic carbocycles. The minimum absolute atomic E-state index is 0.135. The van der Waals surface area contributed by atoms with Gasteiger partial charge in [0.2, 0.25) is 0 Å². The van der Waals surface area contributed by atoms with Crippen molar-refractivity contribution < 1.29 is 18.8 Å². The molecule has 1 unspecified atom stereocenters. The lowest BCUT2D eigenvalue weighted by molar-refractivity contribution is -0.0229. The summed E-state index contributed by atoms with van der Waals surface area (Å²) in [4.78, 5) is 12.3. The topological polar surface area (TPSA) is 49.7 Å². The van der Waals surface area contributed by atoms with E-state index in [1.54, 1.807) is 6.20 Å². The van der Waals surface area contributed by atoms with E-state index in [0.717, 1.165) is 22.8 Å². The molecule has 1 aliphatic rings. The van der Waals surface area contributed by atoms with Gasteiger partial charge in [-0.2, -0.15) is 0 Å². The molecule has 0 N–H and O–H groups in total. The van der Waals surface area contributed by atoms with E-state index in [-0.39, 0.29) is 17.8 Å². The van der Waals surface area contributed by atoms with E-state index < -0.39 is 12.7 Å². The predicted octanol–water partition coefficient (Wildman–Crippen LogP) is 3.72. The zero-order valence-corrected chi connectivity index (χ0v) is 15.8. The Bertz CT molecular complexity index is 790. The zero-order valence-electron chi connectivity index (χ0n) is 15.8. The molecule has 1 atom stereocenters. The van der Waals surface area contributed by atoms with Crippen molar-refractivity contribution in [2.45, 2.75) is 65.3 Å². The van der Waals surface area contributed by atoms with Crippen LogP contribution in [-0.4, -0.2) is 35.1 Å². The van der Waals surface area contributed by atoms with E-state index in [1.807, 2.05) is 45.0 Å². The van der Waals surface area contributed by atoms with Gasteiger partial charge in [-0.15, -0.1) is 0 Å². The second-order valence-corrected chi connectivity index (χ2v) is 8.34. The van der Waals surface area contributed by atoms with Crippen molar-refractivity contribution in [2.24, 2.45) is 0 Å². The molecule has 1 saturated heterocycles. The van der Waals surface area contributed by atoms with Gasteiger partial charge in [0.1, 0.15) is 5.60 Å². The van der Waals surface area contributed by atoms with E-state index in [2.05, 4.69) is 20.8 Å². The Morgan fingerprint density at radius 1 is 1.32 bits per heavy atom. The molecule has 5 nitrogen and oxygen atoms in total. The number of fused-ring (bicyclic) bond motifs is 1. The molecule has 1 fully saturated rings. The summed E-state index contributed by atoms with van der Waals surface area (Å²) in [5.41, 5.74) is 1.01. The zero-order chi connectivity index (χ0) is 18.4. The van der Waals surface area contributed by atoms with Gasteiger partial charge in [0.05, 0.1) is 11.1 Å². The predicted molar refractivity (Wildman–Crippen MR) is 99.3 cm³/mol. The van der Waals surface area contributed by atoms with Crippen molar-refractivity contribution in [3.8, 4) is 0 Å². The van der Waals surface area contributed by atoms with Gasteiger partial charge in [-0.3, -0.25) is 4.57 Å². The van der Waals surface area contributed by atoms with E-state index in [0.29, 0.717) is 0 Å². The summed E-state index contributed by atoms with van der Waals surface area (Å²) < 4.78 is 19.0. The number of aromatic nitrogens is 1. The molecule has 0 amide bonds. The SMILES string of the molecule is CC1CC(C)(C)OB(c2ccc3c(ccn3C(=O)OC(C)(C)C)c2)O1. The van der Waals surface area contributed by atoms with Crippen molar-refractivity contribution in [1.29, 1.82) is 0 Å². The summed E-state index contributed by atoms with van der Waals surface area (Å²) in [7, 11) is -0.395. The minimum atomic E-state index is -0.529. The van der Waals surface area contributed by atoms with Crippen LogP contribution < -0.4 is 5.46 Å². The third kappa shape index (κ3) is 4.07. The number of carbonyl (C=O) groups is 1. The fraction of sp³-hybridized carbons (Fsp3) is 0.526. The van der Waals surface area contributed by atoms with Crippen LogP contribution in [0.3, 0.4) is 0 Å². The Balaban J connectivity index is 1.88. The molecule has 134 valence electrons. The van der Waals surface area contributed by atoms with Gasteiger partial charge in [0.15, 0.2) is 0 Å². The van der Waals surface area contributed by atoms with Gasteiger partial charge in [-0.1, -0.05) is 12.1 Å². The Kier molecular flexibility index (Phi) is 4.46. The van der Waals surface area contributed by atoms with Crippen LogP contribution in [0.4, 0.5) is 4.79 Å². The highest BCUT2D eigenvalue weighted by atomic mass is 16.6. The molecule has 0 spiro atoms. The molecular formula is C19H26BNO4. The third-order valence-electron chi connectivity index (χ3n) is 4.14. The molecule has 1 aromatic heterocycles. The highest BCUT2D eigenvalue weighted by Gasteiger charge is 2.38. The number of nitrogens with zero attached hydrogens (tertiary/aromatic N) is 1. The van der Waals surface area contributed by atoms with Crippen molar-refractivity contribution in [2.75, 3.05) is 0 Å². The Labute approximate surface area is 149 Å². The summed E-state index contributed by atoms with van der Waals surface area (Å²) in [6, 6.07) is 7.77. The molecular weight excluding hydrogens is 317 g/mol. The highest BCUT2D eigenvalue weighted by Crippen LogP contribution is 2.26. The smallest absolute Gasteiger partial charge is 0.443 e. The third-order valence-corrected chi connectivity index (χ3v) is 4.14. The lowest BCUT2D eigenvalue weighted by atomic mass is 9.74. The largest absolute Gasteiger partial charge is 0.494 e. The maximum atomic E-state index is 12.3. The van der Waals surface area contributed by atoms with Crippen LogP contribution in [0.25, 0.3) is 10.9 Å². The molecule has 25 heavy (non-hydrogen) atoms. The normalized spacial score (nSPS) is 20.7. The van der Waals surface area contributed by atoms with E-state index in [1.165, 1.54) is 4.57 Å². The number of carbonyl (C=O) groups excluding carboxylic acids is 1. The second kappa shape index (κ2) is 6.18. The van der Waals surface area contributed by atoms with Crippen molar-refractivity contribution >= 4 is 29.6 Å². The monoisotopic (exact) mass is 343 g/mol. The molecule has 0 saturated carbocycles. The number of rotatable bonds is 1. The molecule has 2 heterocycles. The van der Waals surface area contributed by atoms with Crippen molar-refractivity contribution in [3.05, 3.63) is 30.5 Å². The number of hydrogen-bond donors (Lipinski definition) is 0. The summed E-state index contributed by atoms with van der Waals surface area (Å²) >= 11 is 0. The fourth-order valence-electron chi connectivity index (χ4n) is 3.24. The summed E-state index contributed by atoms with van der Waals surface area (Å²) in [6.45, 7) is 11.8. The van der Waals surface area contributed by atoms with Gasteiger partial charge in [0.25, 0.3) is 0 Å². The van der Waals surface area contributed by atoms with Crippen LogP contribution in [0.15, 0.2) is 30.5 Å². The summed E-state index contributed by atoms with van der Waals surface area (Å²) in [5.74, 6) is 0. The molecule has 1 aliphatic heterocycles. The molecule has 6 heteroatoms. The van der Waals surface area contributed by atoms with Gasteiger partial charge >= 0.3 is 13.2 Å². The first-order valence-corrected chi connectivity index (χ1v) is 8.72. The first-order chi connectivity index (χ1) is 11.5. The van der Waals surface area contributed by atoms with Crippen LogP contribution in [0.5, 0.6) is 0 Å². The Hall–Kier alpha value is -1.79. The van der Waals surface area contributed by atoms with E-state index >= 15 is 0 Å². The average molecular weight is 343 g/mol. The average Bonchev–Trinajstić information content (AvgIpc) is 2.86. The Morgan fingerprint density at radius 3 is 2.68 bits per heavy atom. The van der Waals surface area contributed by atoms with Crippen LogP contribution >= 0.6 is 0 Å². The maximum absolute atomic E-state index is 12.3. The Morgan fingerprint density at radius 2 is 2.04 bits per heavy atom. The molecule has 0 bridgehead atoms. The molecule has 2 aromatic rings. The first-order valence-electron chi connectivity index (χ1n) is 8.72. The van der Waals surface area contributed by atoms with Crippen LogP contribution in [0.1, 0.15) is 48.0 Å². The first kappa shape index (κ1) is 18.0. The van der Waals surface area contributed by atoms with Gasteiger partial charge in [-0.05, 0) is 70.9 Å². The molecule has 0 aliphatic carbocycles. The molecule has 0 radical (unpaired) electrons. The van der Waals surface area contributed by atoms with Gasteiger partial charge in [0, 0.05) is 12.3 Å². The summed E-state index contributed by atoms with van der Waals surface area (Å²) in [5, 5.41) is 0.951. The number of ether oxygens (including phenoxy) is 1. The van der Waals surface area contributed by atoms with Gasteiger partial charge in [-0.25, -0.2) is 4.79 Å². The van der Waals surface area contributed by atoms with Crippen LogP contribution in [0, 0.1) is 0 Å². The highest BCUT2D eigenvalue weighted by molar-refractivity contribution is 6.61. The van der Waals surface area contributed by atoms with Crippen LogP contribution in [-0.2, 0) is 14.0 Å². The second-order valence-electron chi connectivity index (χ2n) is 8.34. The standard InChI is InChI=1S/C19H26BNO4/c1-13-12-19(5,6)25-20(24-13)15-7-8-16-14(11-15)9-10-21(16)17(22)23-18(2,3)4/h7-11,13H,12H2,1-6H3.